The first-order valence-electron chi connectivity index (χ1n) is 5.60. The monoisotopic (exact) mass is 214 g/mol. The number of nitrogens with two attached hydrogens (primary N) is 1. The van der Waals surface area contributed by atoms with Crippen LogP contribution in [0.15, 0.2) is 11.8 Å². The molecule has 15 heavy (non-hydrogen) atoms. The average molecular weight is 214 g/mol. The van der Waals surface area contributed by atoms with Gasteiger partial charge in [0, 0.05) is 13.0 Å². The van der Waals surface area contributed by atoms with Gasteiger partial charge in [-0.2, -0.15) is 0 Å². The predicted octanol–water partition coefficient (Wildman–Crippen LogP) is 1.33. The minimum absolute atomic E-state index is 0.0649. The summed E-state index contributed by atoms with van der Waals surface area (Å²) in [5, 5.41) is 0. The number of nitrogens with one attached hydrogen (secondary N) is 1. The third-order valence-electron chi connectivity index (χ3n) is 2.97. The molecule has 1 aliphatic rings. The first-order chi connectivity index (χ1) is 7.18. The summed E-state index contributed by atoms with van der Waals surface area (Å²) < 4.78 is 11.3. The van der Waals surface area contributed by atoms with E-state index in [2.05, 4.69) is 25.3 Å². The Morgan fingerprint density at radius 1 is 1.67 bits per heavy atom. The maximum Gasteiger partial charge on any atom is 0.113 e. The lowest BCUT2D eigenvalue weighted by Crippen LogP contribution is -2.54. The van der Waals surface area contributed by atoms with E-state index in [0.29, 0.717) is 6.61 Å². The van der Waals surface area contributed by atoms with Crippen LogP contribution in [0, 0.1) is 0 Å². The highest BCUT2D eigenvalue weighted by atomic mass is 16.5. The molecule has 4 nitrogen and oxygen atoms in total. The van der Waals surface area contributed by atoms with Crippen LogP contribution in [0.25, 0.3) is 0 Å². The SMILES string of the molecule is CCOC(C)(CC)C(NN)C1=CCCO1. The van der Waals surface area contributed by atoms with E-state index < -0.39 is 0 Å². The Balaban J connectivity index is 2.77. The molecule has 0 aliphatic carbocycles. The predicted molar refractivity (Wildman–Crippen MR) is 60.1 cm³/mol. The van der Waals surface area contributed by atoms with Gasteiger partial charge in [-0.1, -0.05) is 6.92 Å². The van der Waals surface area contributed by atoms with Crippen LogP contribution in [0.5, 0.6) is 0 Å². The van der Waals surface area contributed by atoms with Gasteiger partial charge in [-0.05, 0) is 26.3 Å². The van der Waals surface area contributed by atoms with Crippen LogP contribution in [0.1, 0.15) is 33.6 Å². The van der Waals surface area contributed by atoms with Crippen molar-refractivity contribution in [2.75, 3.05) is 13.2 Å². The van der Waals surface area contributed by atoms with Gasteiger partial charge in [0.05, 0.1) is 12.2 Å². The first-order valence-corrected chi connectivity index (χ1v) is 5.60. The molecular weight excluding hydrogens is 192 g/mol. The van der Waals surface area contributed by atoms with E-state index in [4.69, 9.17) is 15.3 Å². The van der Waals surface area contributed by atoms with Crippen molar-refractivity contribution in [2.24, 2.45) is 5.84 Å². The molecule has 88 valence electrons. The smallest absolute Gasteiger partial charge is 0.113 e. The normalized spacial score (nSPS) is 21.7. The number of ether oxygens (including phenoxy) is 2. The van der Waals surface area contributed by atoms with Crippen molar-refractivity contribution in [1.29, 1.82) is 0 Å². The molecule has 0 spiro atoms. The van der Waals surface area contributed by atoms with Gasteiger partial charge >= 0.3 is 0 Å². The zero-order valence-electron chi connectivity index (χ0n) is 9.88. The lowest BCUT2D eigenvalue weighted by molar-refractivity contribution is -0.0566. The molecule has 0 bridgehead atoms. The highest BCUT2D eigenvalue weighted by Crippen LogP contribution is 2.27. The van der Waals surface area contributed by atoms with Gasteiger partial charge in [-0.25, -0.2) is 5.43 Å². The molecule has 0 aromatic rings. The van der Waals surface area contributed by atoms with E-state index in [1.807, 2.05) is 6.92 Å². The van der Waals surface area contributed by atoms with Crippen molar-refractivity contribution in [2.45, 2.75) is 45.3 Å². The molecule has 2 atom stereocenters. The molecule has 0 aromatic heterocycles. The highest BCUT2D eigenvalue weighted by Gasteiger charge is 2.37. The van der Waals surface area contributed by atoms with E-state index in [9.17, 15) is 0 Å². The summed E-state index contributed by atoms with van der Waals surface area (Å²) in [7, 11) is 0. The fourth-order valence-corrected chi connectivity index (χ4v) is 1.92. The summed E-state index contributed by atoms with van der Waals surface area (Å²) in [5.74, 6) is 6.51. The summed E-state index contributed by atoms with van der Waals surface area (Å²) in [4.78, 5) is 0. The molecule has 1 heterocycles. The van der Waals surface area contributed by atoms with E-state index in [0.717, 1.165) is 25.2 Å². The Morgan fingerprint density at radius 2 is 2.40 bits per heavy atom. The molecule has 0 fully saturated rings. The molecule has 1 aliphatic heterocycles. The fourth-order valence-electron chi connectivity index (χ4n) is 1.92. The summed E-state index contributed by atoms with van der Waals surface area (Å²) in [6.07, 6.45) is 3.92. The zero-order valence-corrected chi connectivity index (χ0v) is 9.88. The number of hydrazine groups is 1. The topological polar surface area (TPSA) is 56.5 Å². The lowest BCUT2D eigenvalue weighted by atomic mass is 9.92. The second kappa shape index (κ2) is 5.49. The molecule has 2 unspecified atom stereocenters. The van der Waals surface area contributed by atoms with Crippen molar-refractivity contribution >= 4 is 0 Å². The van der Waals surface area contributed by atoms with Gasteiger partial charge in [-0.3, -0.25) is 5.84 Å². The second-order valence-corrected chi connectivity index (χ2v) is 3.94. The maximum atomic E-state index is 5.78. The van der Waals surface area contributed by atoms with E-state index in [1.165, 1.54) is 0 Å². The van der Waals surface area contributed by atoms with Gasteiger partial charge in [0.1, 0.15) is 11.8 Å². The standard InChI is InChI=1S/C11H22N2O2/c1-4-11(3,15-5-2)10(13-12)9-7-6-8-14-9/h7,10,13H,4-6,8,12H2,1-3H3. The molecule has 4 heteroatoms. The van der Waals surface area contributed by atoms with Crippen molar-refractivity contribution in [3.05, 3.63) is 11.8 Å². The van der Waals surface area contributed by atoms with Crippen molar-refractivity contribution in [3.8, 4) is 0 Å². The molecule has 0 saturated carbocycles. The molecule has 0 amide bonds. The van der Waals surface area contributed by atoms with Crippen LogP contribution in [0.2, 0.25) is 0 Å². The molecule has 0 aromatic carbocycles. The molecule has 0 radical (unpaired) electrons. The first kappa shape index (κ1) is 12.5. The Kier molecular flexibility index (Phi) is 4.57. The summed E-state index contributed by atoms with van der Waals surface area (Å²) >= 11 is 0. The second-order valence-electron chi connectivity index (χ2n) is 3.94. The Bertz CT molecular complexity index is 231. The quantitative estimate of drug-likeness (QED) is 0.517. The summed E-state index contributed by atoms with van der Waals surface area (Å²) in [5.41, 5.74) is 2.50. The van der Waals surface area contributed by atoms with E-state index in [-0.39, 0.29) is 11.6 Å². The number of hydrogen-bond donors (Lipinski definition) is 2. The molecule has 3 N–H and O–H groups in total. The van der Waals surface area contributed by atoms with Gasteiger partial charge in [-0.15, -0.1) is 0 Å². The van der Waals surface area contributed by atoms with Crippen LogP contribution in [0.3, 0.4) is 0 Å². The molecule has 0 saturated heterocycles. The van der Waals surface area contributed by atoms with Crippen LogP contribution < -0.4 is 11.3 Å². The Morgan fingerprint density at radius 3 is 2.80 bits per heavy atom. The molecule has 1 rings (SSSR count). The Labute approximate surface area is 91.8 Å². The van der Waals surface area contributed by atoms with Crippen molar-refractivity contribution < 1.29 is 9.47 Å². The van der Waals surface area contributed by atoms with Gasteiger partial charge < -0.3 is 9.47 Å². The van der Waals surface area contributed by atoms with Gasteiger partial charge in [0.25, 0.3) is 0 Å². The largest absolute Gasteiger partial charge is 0.496 e. The fraction of sp³-hybridized carbons (Fsp3) is 0.818. The van der Waals surface area contributed by atoms with Crippen LogP contribution >= 0.6 is 0 Å². The van der Waals surface area contributed by atoms with Gasteiger partial charge in [0.15, 0.2) is 0 Å². The summed E-state index contributed by atoms with van der Waals surface area (Å²) in [6.45, 7) is 7.57. The zero-order chi connectivity index (χ0) is 11.3. The molecular formula is C11H22N2O2. The van der Waals surface area contributed by atoms with Crippen molar-refractivity contribution in [1.82, 2.24) is 5.43 Å². The summed E-state index contributed by atoms with van der Waals surface area (Å²) in [6, 6.07) is -0.0649. The number of rotatable bonds is 6. The highest BCUT2D eigenvalue weighted by molar-refractivity contribution is 5.13. The minimum Gasteiger partial charge on any atom is -0.496 e. The van der Waals surface area contributed by atoms with Gasteiger partial charge in [0.2, 0.25) is 0 Å². The Hall–Kier alpha value is -0.580. The van der Waals surface area contributed by atoms with Crippen molar-refractivity contribution in [3.63, 3.8) is 0 Å². The maximum absolute atomic E-state index is 5.78. The van der Waals surface area contributed by atoms with E-state index >= 15 is 0 Å². The average Bonchev–Trinajstić information content (AvgIpc) is 2.72. The third kappa shape index (κ3) is 2.71. The number of hydrogen-bond acceptors (Lipinski definition) is 4. The minimum atomic E-state index is -0.306. The van der Waals surface area contributed by atoms with Crippen LogP contribution in [0.4, 0.5) is 0 Å². The lowest BCUT2D eigenvalue weighted by Gasteiger charge is -2.36. The van der Waals surface area contributed by atoms with Crippen LogP contribution in [-0.2, 0) is 9.47 Å². The van der Waals surface area contributed by atoms with Crippen LogP contribution in [-0.4, -0.2) is 24.9 Å². The van der Waals surface area contributed by atoms with E-state index in [1.54, 1.807) is 0 Å². The third-order valence-corrected chi connectivity index (χ3v) is 2.97.